The highest BCUT2D eigenvalue weighted by molar-refractivity contribution is 5.89. The first kappa shape index (κ1) is 11.2. The molecule has 0 fully saturated rings. The van der Waals surface area contributed by atoms with Crippen molar-refractivity contribution in [2.75, 3.05) is 6.61 Å². The summed E-state index contributed by atoms with van der Waals surface area (Å²) in [7, 11) is 0. The van der Waals surface area contributed by atoms with Crippen molar-refractivity contribution in [3.05, 3.63) is 66.1 Å². The first-order chi connectivity index (χ1) is 8.36. The van der Waals surface area contributed by atoms with E-state index in [1.807, 2.05) is 12.1 Å². The van der Waals surface area contributed by atoms with Crippen molar-refractivity contribution in [1.29, 1.82) is 0 Å². The van der Waals surface area contributed by atoms with Crippen LogP contribution in [0.25, 0.3) is 6.08 Å². The average molecular weight is 228 g/mol. The maximum Gasteiger partial charge on any atom is 0.338 e. The lowest BCUT2D eigenvalue weighted by atomic mass is 10.2. The molecule has 3 nitrogen and oxygen atoms in total. The lowest BCUT2D eigenvalue weighted by Crippen LogP contribution is -2.04. The SMILES string of the molecule is O=C(OC/C=C/c1ccco1)c1ccccc1. The smallest absolute Gasteiger partial charge is 0.338 e. The molecule has 0 saturated carbocycles. The standard InChI is InChI=1S/C14H12O3/c15-14(12-6-2-1-3-7-12)17-11-5-9-13-8-4-10-16-13/h1-10H,11H2/b9-5+. The summed E-state index contributed by atoms with van der Waals surface area (Å²) in [5.74, 6) is 0.412. The highest BCUT2D eigenvalue weighted by Gasteiger charge is 2.03. The molecule has 86 valence electrons. The molecule has 0 aliphatic carbocycles. The molecule has 2 rings (SSSR count). The first-order valence-corrected chi connectivity index (χ1v) is 5.28. The van der Waals surface area contributed by atoms with Crippen LogP contribution in [0, 0.1) is 0 Å². The van der Waals surface area contributed by atoms with E-state index in [4.69, 9.17) is 9.15 Å². The Morgan fingerprint density at radius 2 is 2.00 bits per heavy atom. The van der Waals surface area contributed by atoms with E-state index in [2.05, 4.69) is 0 Å². The topological polar surface area (TPSA) is 39.4 Å². The molecule has 1 heterocycles. The van der Waals surface area contributed by atoms with Gasteiger partial charge in [0.25, 0.3) is 0 Å². The van der Waals surface area contributed by atoms with Gasteiger partial charge < -0.3 is 9.15 Å². The lowest BCUT2D eigenvalue weighted by Gasteiger charge is -2.00. The van der Waals surface area contributed by atoms with Crippen LogP contribution in [0.5, 0.6) is 0 Å². The van der Waals surface area contributed by atoms with Crippen LogP contribution in [0.2, 0.25) is 0 Å². The summed E-state index contributed by atoms with van der Waals surface area (Å²) in [6.45, 7) is 0.231. The van der Waals surface area contributed by atoms with Gasteiger partial charge in [-0.1, -0.05) is 18.2 Å². The normalized spacial score (nSPS) is 10.6. The first-order valence-electron chi connectivity index (χ1n) is 5.28. The lowest BCUT2D eigenvalue weighted by molar-refractivity contribution is 0.0550. The van der Waals surface area contributed by atoms with Crippen molar-refractivity contribution >= 4 is 12.0 Å². The third kappa shape index (κ3) is 3.34. The third-order valence-electron chi connectivity index (χ3n) is 2.15. The van der Waals surface area contributed by atoms with Crippen LogP contribution in [0.4, 0.5) is 0 Å². The molecule has 0 N–H and O–H groups in total. The fourth-order valence-electron chi connectivity index (χ4n) is 1.33. The Morgan fingerprint density at radius 3 is 2.71 bits per heavy atom. The Bertz CT molecular complexity index is 483. The van der Waals surface area contributed by atoms with E-state index in [0.717, 1.165) is 5.76 Å². The van der Waals surface area contributed by atoms with E-state index in [9.17, 15) is 4.79 Å². The zero-order chi connectivity index (χ0) is 11.9. The number of furan rings is 1. The molecule has 2 aromatic rings. The molecular formula is C14H12O3. The molecular weight excluding hydrogens is 216 g/mol. The maximum absolute atomic E-state index is 11.5. The molecule has 0 bridgehead atoms. The number of carbonyl (C=O) groups is 1. The summed E-state index contributed by atoms with van der Waals surface area (Å²) in [6, 6.07) is 12.5. The van der Waals surface area contributed by atoms with Gasteiger partial charge in [-0.25, -0.2) is 4.79 Å². The predicted octanol–water partition coefficient (Wildman–Crippen LogP) is 3.15. The monoisotopic (exact) mass is 228 g/mol. The summed E-state index contributed by atoms with van der Waals surface area (Å²) < 4.78 is 10.2. The fourth-order valence-corrected chi connectivity index (χ4v) is 1.33. The number of benzene rings is 1. The fraction of sp³-hybridized carbons (Fsp3) is 0.0714. The largest absolute Gasteiger partial charge is 0.465 e. The summed E-state index contributed by atoms with van der Waals surface area (Å²) in [4.78, 5) is 11.5. The molecule has 17 heavy (non-hydrogen) atoms. The van der Waals surface area contributed by atoms with Gasteiger partial charge >= 0.3 is 5.97 Å². The van der Waals surface area contributed by atoms with Gasteiger partial charge in [0, 0.05) is 0 Å². The van der Waals surface area contributed by atoms with Gasteiger partial charge in [0.1, 0.15) is 12.4 Å². The molecule has 0 aliphatic rings. The number of carbonyl (C=O) groups excluding carboxylic acids is 1. The summed E-state index contributed by atoms with van der Waals surface area (Å²) in [5, 5.41) is 0. The van der Waals surface area contributed by atoms with Crippen LogP contribution < -0.4 is 0 Å². The minimum atomic E-state index is -0.324. The zero-order valence-corrected chi connectivity index (χ0v) is 9.21. The Hall–Kier alpha value is -2.29. The van der Waals surface area contributed by atoms with Gasteiger partial charge in [-0.3, -0.25) is 0 Å². The predicted molar refractivity (Wildman–Crippen MR) is 64.5 cm³/mol. The van der Waals surface area contributed by atoms with E-state index in [1.54, 1.807) is 48.7 Å². The van der Waals surface area contributed by atoms with Gasteiger partial charge in [0.15, 0.2) is 0 Å². The minimum Gasteiger partial charge on any atom is -0.465 e. The van der Waals surface area contributed by atoms with Crippen molar-refractivity contribution in [2.45, 2.75) is 0 Å². The summed E-state index contributed by atoms with van der Waals surface area (Å²) in [6.07, 6.45) is 5.09. The highest BCUT2D eigenvalue weighted by Crippen LogP contribution is 2.03. The second kappa shape index (κ2) is 5.70. The van der Waals surface area contributed by atoms with E-state index in [0.29, 0.717) is 5.56 Å². The molecule has 3 heteroatoms. The Morgan fingerprint density at radius 1 is 1.18 bits per heavy atom. The second-order valence-electron chi connectivity index (χ2n) is 3.38. The van der Waals surface area contributed by atoms with Gasteiger partial charge in [-0.2, -0.15) is 0 Å². The van der Waals surface area contributed by atoms with Gasteiger partial charge in [-0.15, -0.1) is 0 Å². The van der Waals surface area contributed by atoms with Crippen molar-refractivity contribution in [1.82, 2.24) is 0 Å². The van der Waals surface area contributed by atoms with Crippen molar-refractivity contribution in [3.63, 3.8) is 0 Å². The molecule has 0 saturated heterocycles. The van der Waals surface area contributed by atoms with Gasteiger partial charge in [0.05, 0.1) is 11.8 Å². The number of rotatable bonds is 4. The Balaban J connectivity index is 1.81. The molecule has 0 amide bonds. The molecule has 0 aliphatic heterocycles. The molecule has 0 atom stereocenters. The number of hydrogen-bond acceptors (Lipinski definition) is 3. The minimum absolute atomic E-state index is 0.231. The van der Waals surface area contributed by atoms with Crippen LogP contribution in [0.1, 0.15) is 16.1 Å². The second-order valence-corrected chi connectivity index (χ2v) is 3.38. The van der Waals surface area contributed by atoms with E-state index >= 15 is 0 Å². The quantitative estimate of drug-likeness (QED) is 0.754. The summed E-state index contributed by atoms with van der Waals surface area (Å²) >= 11 is 0. The Kier molecular flexibility index (Phi) is 3.76. The number of hydrogen-bond donors (Lipinski definition) is 0. The number of esters is 1. The van der Waals surface area contributed by atoms with Crippen LogP contribution in [0.3, 0.4) is 0 Å². The van der Waals surface area contributed by atoms with Crippen molar-refractivity contribution in [2.24, 2.45) is 0 Å². The molecule has 0 spiro atoms. The molecule has 1 aromatic heterocycles. The molecule has 1 aromatic carbocycles. The van der Waals surface area contributed by atoms with Gasteiger partial charge in [0.2, 0.25) is 0 Å². The Labute approximate surface area is 99.3 Å². The van der Waals surface area contributed by atoms with Crippen LogP contribution in [0.15, 0.2) is 59.2 Å². The average Bonchev–Trinajstić information content (AvgIpc) is 2.88. The van der Waals surface area contributed by atoms with Crippen molar-refractivity contribution in [3.8, 4) is 0 Å². The van der Waals surface area contributed by atoms with Gasteiger partial charge in [-0.05, 0) is 36.4 Å². The summed E-state index contributed by atoms with van der Waals surface area (Å²) in [5.41, 5.74) is 0.555. The van der Waals surface area contributed by atoms with Crippen molar-refractivity contribution < 1.29 is 13.9 Å². The number of ether oxygens (including phenoxy) is 1. The zero-order valence-electron chi connectivity index (χ0n) is 9.21. The van der Waals surface area contributed by atoms with Crippen LogP contribution in [-0.4, -0.2) is 12.6 Å². The van der Waals surface area contributed by atoms with Crippen LogP contribution >= 0.6 is 0 Å². The molecule has 0 unspecified atom stereocenters. The van der Waals surface area contributed by atoms with E-state index in [1.165, 1.54) is 0 Å². The maximum atomic E-state index is 11.5. The van der Waals surface area contributed by atoms with E-state index < -0.39 is 0 Å². The molecule has 0 radical (unpaired) electrons. The van der Waals surface area contributed by atoms with E-state index in [-0.39, 0.29) is 12.6 Å². The third-order valence-corrected chi connectivity index (χ3v) is 2.15. The highest BCUT2D eigenvalue weighted by atomic mass is 16.5. The van der Waals surface area contributed by atoms with Crippen LogP contribution in [-0.2, 0) is 4.74 Å².